The fourth-order valence-corrected chi connectivity index (χ4v) is 3.30. The second-order valence-corrected chi connectivity index (χ2v) is 6.16. The Bertz CT molecular complexity index is 960. The fourth-order valence-electron chi connectivity index (χ4n) is 3.30. The van der Waals surface area contributed by atoms with E-state index in [1.807, 2.05) is 48.5 Å². The van der Waals surface area contributed by atoms with Gasteiger partial charge in [0.05, 0.1) is 5.56 Å². The minimum Gasteiger partial charge on any atom is -0.449 e. The average Bonchev–Trinajstić information content (AvgIpc) is 3.25. The predicted molar refractivity (Wildman–Crippen MR) is 95.7 cm³/mol. The molecule has 1 unspecified atom stereocenters. The van der Waals surface area contributed by atoms with E-state index in [9.17, 15) is 9.59 Å². The summed E-state index contributed by atoms with van der Waals surface area (Å²) in [6, 6.07) is 15.3. The molecule has 1 atom stereocenters. The molecular weight excluding hydrogens is 316 g/mol. The maximum Gasteiger partial charge on any atom is 0.341 e. The van der Waals surface area contributed by atoms with Gasteiger partial charge in [-0.2, -0.15) is 0 Å². The molecule has 1 aliphatic heterocycles. The van der Waals surface area contributed by atoms with Crippen LogP contribution in [0.5, 0.6) is 0 Å². The summed E-state index contributed by atoms with van der Waals surface area (Å²) in [5.41, 5.74) is 3.35. The lowest BCUT2D eigenvalue weighted by Gasteiger charge is -2.21. The van der Waals surface area contributed by atoms with E-state index < -0.39 is 12.1 Å². The highest BCUT2D eigenvalue weighted by atomic mass is 16.5. The Morgan fingerprint density at radius 3 is 2.76 bits per heavy atom. The van der Waals surface area contributed by atoms with Gasteiger partial charge in [-0.05, 0) is 31.0 Å². The van der Waals surface area contributed by atoms with Crippen LogP contribution in [-0.4, -0.2) is 29.5 Å². The molecule has 126 valence electrons. The standard InChI is InChI=1S/C20H18N2O3/c1-13(19(23)22-11-10-14-6-2-5-9-18(14)22)25-20(24)16-12-21-17-8-4-3-7-15(16)17/h2-9,12-13,21H,10-11H2,1H3. The zero-order chi connectivity index (χ0) is 17.4. The van der Waals surface area contributed by atoms with Crippen molar-refractivity contribution in [3.05, 3.63) is 65.9 Å². The van der Waals surface area contributed by atoms with Crippen molar-refractivity contribution in [3.8, 4) is 0 Å². The maximum absolute atomic E-state index is 12.7. The van der Waals surface area contributed by atoms with E-state index >= 15 is 0 Å². The van der Waals surface area contributed by atoms with Crippen LogP contribution < -0.4 is 4.90 Å². The second-order valence-electron chi connectivity index (χ2n) is 6.16. The summed E-state index contributed by atoms with van der Waals surface area (Å²) in [6.07, 6.45) is 1.60. The number of carbonyl (C=O) groups excluding carboxylic acids is 2. The number of carbonyl (C=O) groups is 2. The third-order valence-corrected chi connectivity index (χ3v) is 4.59. The maximum atomic E-state index is 12.7. The Kier molecular flexibility index (Phi) is 3.76. The van der Waals surface area contributed by atoms with Crippen molar-refractivity contribution in [1.82, 2.24) is 4.98 Å². The quantitative estimate of drug-likeness (QED) is 0.748. The third kappa shape index (κ3) is 2.67. The largest absolute Gasteiger partial charge is 0.449 e. The SMILES string of the molecule is CC(OC(=O)c1c[nH]c2ccccc12)C(=O)N1CCc2ccccc21. The molecule has 0 spiro atoms. The molecule has 25 heavy (non-hydrogen) atoms. The van der Waals surface area contributed by atoms with Gasteiger partial charge in [0.15, 0.2) is 6.10 Å². The number of hydrogen-bond acceptors (Lipinski definition) is 3. The lowest BCUT2D eigenvalue weighted by atomic mass is 10.2. The number of ether oxygens (including phenoxy) is 1. The lowest BCUT2D eigenvalue weighted by molar-refractivity contribution is -0.126. The van der Waals surface area contributed by atoms with Crippen LogP contribution in [0, 0.1) is 0 Å². The molecule has 1 amide bonds. The Hall–Kier alpha value is -3.08. The average molecular weight is 334 g/mol. The number of nitrogens with one attached hydrogen (secondary N) is 1. The molecular formula is C20H18N2O3. The molecule has 1 N–H and O–H groups in total. The van der Waals surface area contributed by atoms with Crippen molar-refractivity contribution in [1.29, 1.82) is 0 Å². The van der Waals surface area contributed by atoms with Crippen LogP contribution in [0.1, 0.15) is 22.8 Å². The van der Waals surface area contributed by atoms with Gasteiger partial charge in [-0.15, -0.1) is 0 Å². The van der Waals surface area contributed by atoms with Crippen LogP contribution in [0.15, 0.2) is 54.7 Å². The van der Waals surface area contributed by atoms with Gasteiger partial charge < -0.3 is 14.6 Å². The van der Waals surface area contributed by atoms with E-state index in [4.69, 9.17) is 4.74 Å². The minimum absolute atomic E-state index is 0.196. The molecule has 2 aromatic carbocycles. The number of aromatic amines is 1. The number of fused-ring (bicyclic) bond motifs is 2. The van der Waals surface area contributed by atoms with Crippen LogP contribution in [0.2, 0.25) is 0 Å². The van der Waals surface area contributed by atoms with Crippen LogP contribution >= 0.6 is 0 Å². The molecule has 1 aromatic heterocycles. The smallest absolute Gasteiger partial charge is 0.341 e. The zero-order valence-corrected chi connectivity index (χ0v) is 13.9. The Balaban J connectivity index is 1.51. The highest BCUT2D eigenvalue weighted by Gasteiger charge is 2.30. The van der Waals surface area contributed by atoms with E-state index in [2.05, 4.69) is 4.98 Å². The Labute approximate surface area is 145 Å². The first-order valence-corrected chi connectivity index (χ1v) is 8.31. The molecule has 3 aromatic rings. The molecule has 0 bridgehead atoms. The molecule has 0 saturated heterocycles. The van der Waals surface area contributed by atoms with E-state index in [1.54, 1.807) is 18.0 Å². The summed E-state index contributed by atoms with van der Waals surface area (Å²) in [6.45, 7) is 2.24. The highest BCUT2D eigenvalue weighted by molar-refractivity contribution is 6.06. The molecule has 1 aliphatic rings. The molecule has 0 fully saturated rings. The number of para-hydroxylation sites is 2. The van der Waals surface area contributed by atoms with Crippen molar-refractivity contribution in [2.45, 2.75) is 19.4 Å². The summed E-state index contributed by atoms with van der Waals surface area (Å²) in [7, 11) is 0. The number of nitrogens with zero attached hydrogens (tertiary/aromatic N) is 1. The van der Waals surface area contributed by atoms with E-state index in [1.165, 1.54) is 0 Å². The fraction of sp³-hybridized carbons (Fsp3) is 0.200. The second kappa shape index (κ2) is 6.09. The summed E-state index contributed by atoms with van der Waals surface area (Å²) >= 11 is 0. The van der Waals surface area contributed by atoms with Gasteiger partial charge in [-0.25, -0.2) is 4.79 Å². The van der Waals surface area contributed by atoms with Crippen LogP contribution in [0.25, 0.3) is 10.9 Å². The third-order valence-electron chi connectivity index (χ3n) is 4.59. The van der Waals surface area contributed by atoms with Crippen molar-refractivity contribution in [2.24, 2.45) is 0 Å². The van der Waals surface area contributed by atoms with Crippen molar-refractivity contribution >= 4 is 28.5 Å². The molecule has 5 nitrogen and oxygen atoms in total. The first kappa shape index (κ1) is 15.4. The molecule has 2 heterocycles. The van der Waals surface area contributed by atoms with E-state index in [0.717, 1.165) is 28.6 Å². The van der Waals surface area contributed by atoms with Gasteiger partial charge >= 0.3 is 5.97 Å². The summed E-state index contributed by atoms with van der Waals surface area (Å²) < 4.78 is 5.44. The van der Waals surface area contributed by atoms with Crippen LogP contribution in [0.3, 0.4) is 0 Å². The minimum atomic E-state index is -0.840. The number of H-pyrrole nitrogens is 1. The summed E-state index contributed by atoms with van der Waals surface area (Å²) in [4.78, 5) is 29.9. The first-order chi connectivity index (χ1) is 12.1. The molecule has 4 rings (SSSR count). The van der Waals surface area contributed by atoms with Crippen LogP contribution in [-0.2, 0) is 16.0 Å². The topological polar surface area (TPSA) is 62.4 Å². The van der Waals surface area contributed by atoms with Gasteiger partial charge in [-0.1, -0.05) is 36.4 Å². The van der Waals surface area contributed by atoms with Gasteiger partial charge in [-0.3, -0.25) is 4.79 Å². The Morgan fingerprint density at radius 2 is 1.88 bits per heavy atom. The Morgan fingerprint density at radius 1 is 1.12 bits per heavy atom. The van der Waals surface area contributed by atoms with Crippen molar-refractivity contribution < 1.29 is 14.3 Å². The van der Waals surface area contributed by atoms with Gasteiger partial charge in [0, 0.05) is 29.3 Å². The highest BCUT2D eigenvalue weighted by Crippen LogP contribution is 2.28. The van der Waals surface area contributed by atoms with E-state index in [0.29, 0.717) is 12.1 Å². The molecule has 5 heteroatoms. The molecule has 0 aliphatic carbocycles. The number of hydrogen-bond donors (Lipinski definition) is 1. The molecule has 0 radical (unpaired) electrons. The molecule has 0 saturated carbocycles. The first-order valence-electron chi connectivity index (χ1n) is 8.31. The summed E-state index contributed by atoms with van der Waals surface area (Å²) in [5, 5.41) is 0.790. The van der Waals surface area contributed by atoms with E-state index in [-0.39, 0.29) is 5.91 Å². The lowest BCUT2D eigenvalue weighted by Crippen LogP contribution is -2.39. The monoisotopic (exact) mass is 334 g/mol. The predicted octanol–water partition coefficient (Wildman–Crippen LogP) is 3.30. The number of anilines is 1. The number of aromatic nitrogens is 1. The number of esters is 1. The number of amides is 1. The van der Waals surface area contributed by atoms with Gasteiger partial charge in [0.2, 0.25) is 0 Å². The van der Waals surface area contributed by atoms with Crippen LogP contribution in [0.4, 0.5) is 5.69 Å². The summed E-state index contributed by atoms with van der Waals surface area (Å²) in [5.74, 6) is -0.691. The van der Waals surface area contributed by atoms with Gasteiger partial charge in [0.1, 0.15) is 0 Å². The van der Waals surface area contributed by atoms with Crippen molar-refractivity contribution in [3.63, 3.8) is 0 Å². The number of rotatable bonds is 3. The zero-order valence-electron chi connectivity index (χ0n) is 13.9. The number of benzene rings is 2. The van der Waals surface area contributed by atoms with Crippen molar-refractivity contribution in [2.75, 3.05) is 11.4 Å². The van der Waals surface area contributed by atoms with Gasteiger partial charge in [0.25, 0.3) is 5.91 Å². The normalized spacial score (nSPS) is 14.4.